The number of hydrogen-bond acceptors (Lipinski definition) is 5. The van der Waals surface area contributed by atoms with Gasteiger partial charge < -0.3 is 4.74 Å². The topological polar surface area (TPSA) is 63.9 Å². The SMILES string of the molecule is COCCCN(C)S(=O)(=O)c1c(Cl)nc2sccn12. The van der Waals surface area contributed by atoms with Crippen molar-refractivity contribution in [2.24, 2.45) is 0 Å². The second-order valence-corrected chi connectivity index (χ2v) is 7.13. The van der Waals surface area contributed by atoms with E-state index in [4.69, 9.17) is 16.3 Å². The van der Waals surface area contributed by atoms with E-state index in [-0.39, 0.29) is 10.2 Å². The number of sulfonamides is 1. The summed E-state index contributed by atoms with van der Waals surface area (Å²) in [6.07, 6.45) is 2.27. The molecule has 0 saturated heterocycles. The number of nitrogens with zero attached hydrogens (tertiary/aromatic N) is 3. The molecular weight excluding hydrogens is 310 g/mol. The van der Waals surface area contributed by atoms with Gasteiger partial charge in [0.05, 0.1) is 0 Å². The fourth-order valence-corrected chi connectivity index (χ4v) is 4.27. The summed E-state index contributed by atoms with van der Waals surface area (Å²) in [5, 5.41) is 1.79. The third-order valence-electron chi connectivity index (χ3n) is 2.65. The molecule has 0 fully saturated rings. The van der Waals surface area contributed by atoms with E-state index in [1.165, 1.54) is 27.1 Å². The van der Waals surface area contributed by atoms with Gasteiger partial charge in [0.15, 0.2) is 15.1 Å². The summed E-state index contributed by atoms with van der Waals surface area (Å²) in [6.45, 7) is 0.873. The van der Waals surface area contributed by atoms with Gasteiger partial charge in [-0.3, -0.25) is 4.40 Å². The maximum Gasteiger partial charge on any atom is 0.262 e. The second-order valence-electron chi connectivity index (χ2n) is 3.94. The van der Waals surface area contributed by atoms with Crippen molar-refractivity contribution < 1.29 is 13.2 Å². The molecule has 0 unspecified atom stereocenters. The van der Waals surface area contributed by atoms with Crippen LogP contribution in [0, 0.1) is 0 Å². The molecule has 2 rings (SSSR count). The zero-order valence-corrected chi connectivity index (χ0v) is 12.9. The summed E-state index contributed by atoms with van der Waals surface area (Å²) >= 11 is 7.28. The third kappa shape index (κ3) is 2.77. The number of rotatable bonds is 6. The molecule has 2 aromatic rings. The molecule has 0 atom stereocenters. The Morgan fingerprint density at radius 2 is 2.32 bits per heavy atom. The lowest BCUT2D eigenvalue weighted by Gasteiger charge is -2.16. The standard InChI is InChI=1S/C10H14ClN3O3S2/c1-13(4-3-6-17-2)19(15,16)9-8(11)12-10-14(9)5-7-18-10/h5,7H,3-4,6H2,1-2H3. The zero-order valence-electron chi connectivity index (χ0n) is 10.5. The molecule has 2 heterocycles. The molecule has 0 saturated carbocycles. The minimum Gasteiger partial charge on any atom is -0.385 e. The minimum atomic E-state index is -3.65. The van der Waals surface area contributed by atoms with Gasteiger partial charge in [-0.2, -0.15) is 4.31 Å². The van der Waals surface area contributed by atoms with Crippen molar-refractivity contribution in [2.75, 3.05) is 27.3 Å². The Balaban J connectivity index is 2.33. The molecular formula is C10H14ClN3O3S2. The van der Waals surface area contributed by atoms with Crippen molar-refractivity contribution in [1.82, 2.24) is 13.7 Å². The number of thiazole rings is 1. The highest BCUT2D eigenvalue weighted by Crippen LogP contribution is 2.27. The van der Waals surface area contributed by atoms with E-state index >= 15 is 0 Å². The number of imidazole rings is 1. The van der Waals surface area contributed by atoms with Gasteiger partial charge in [-0.25, -0.2) is 13.4 Å². The average molecular weight is 324 g/mol. The molecule has 106 valence electrons. The van der Waals surface area contributed by atoms with Crippen LogP contribution in [-0.4, -0.2) is 49.4 Å². The summed E-state index contributed by atoms with van der Waals surface area (Å²) in [6, 6.07) is 0. The molecule has 0 aromatic carbocycles. The third-order valence-corrected chi connectivity index (χ3v) is 5.67. The average Bonchev–Trinajstić information content (AvgIpc) is 2.88. The van der Waals surface area contributed by atoms with E-state index in [9.17, 15) is 8.42 Å². The van der Waals surface area contributed by atoms with E-state index in [1.54, 1.807) is 18.7 Å². The van der Waals surface area contributed by atoms with Crippen molar-refractivity contribution in [3.05, 3.63) is 16.7 Å². The molecule has 0 N–H and O–H groups in total. The lowest BCUT2D eigenvalue weighted by atomic mass is 10.5. The number of halogens is 1. The van der Waals surface area contributed by atoms with Gasteiger partial charge in [0.1, 0.15) is 0 Å². The van der Waals surface area contributed by atoms with Crippen LogP contribution in [0.15, 0.2) is 16.6 Å². The fourth-order valence-electron chi connectivity index (χ4n) is 1.67. The Morgan fingerprint density at radius 1 is 1.58 bits per heavy atom. The van der Waals surface area contributed by atoms with E-state index < -0.39 is 10.0 Å². The van der Waals surface area contributed by atoms with E-state index in [1.807, 2.05) is 0 Å². The molecule has 0 amide bonds. The van der Waals surface area contributed by atoms with E-state index in [0.29, 0.717) is 24.5 Å². The van der Waals surface area contributed by atoms with E-state index in [0.717, 1.165) is 0 Å². The molecule has 0 spiro atoms. The molecule has 2 aromatic heterocycles. The minimum absolute atomic E-state index is 0.00504. The Bertz CT molecular complexity index is 665. The van der Waals surface area contributed by atoms with Gasteiger partial charge in [-0.1, -0.05) is 11.6 Å². The highest BCUT2D eigenvalue weighted by molar-refractivity contribution is 7.89. The largest absolute Gasteiger partial charge is 0.385 e. The number of aromatic nitrogens is 2. The van der Waals surface area contributed by atoms with Crippen LogP contribution in [0.3, 0.4) is 0 Å². The van der Waals surface area contributed by atoms with Gasteiger partial charge in [-0.15, -0.1) is 11.3 Å². The van der Waals surface area contributed by atoms with Crippen molar-refractivity contribution in [1.29, 1.82) is 0 Å². The Kier molecular flexibility index (Phi) is 4.46. The van der Waals surface area contributed by atoms with Gasteiger partial charge in [-0.05, 0) is 6.42 Å². The van der Waals surface area contributed by atoms with Crippen molar-refractivity contribution in [3.63, 3.8) is 0 Å². The summed E-state index contributed by atoms with van der Waals surface area (Å²) in [5.41, 5.74) is 0. The Labute approximate surface area is 120 Å². The first-order valence-electron chi connectivity index (χ1n) is 5.55. The van der Waals surface area contributed by atoms with Crippen LogP contribution < -0.4 is 0 Å². The Morgan fingerprint density at radius 3 is 3.00 bits per heavy atom. The highest BCUT2D eigenvalue weighted by Gasteiger charge is 2.28. The van der Waals surface area contributed by atoms with Gasteiger partial charge in [0.2, 0.25) is 0 Å². The molecule has 0 aliphatic heterocycles. The molecule has 9 heteroatoms. The first-order valence-corrected chi connectivity index (χ1v) is 8.24. The van der Waals surface area contributed by atoms with Crippen LogP contribution in [0.25, 0.3) is 4.96 Å². The highest BCUT2D eigenvalue weighted by atomic mass is 35.5. The lowest BCUT2D eigenvalue weighted by molar-refractivity contribution is 0.189. The second kappa shape index (κ2) is 5.76. The summed E-state index contributed by atoms with van der Waals surface area (Å²) in [4.78, 5) is 4.60. The summed E-state index contributed by atoms with van der Waals surface area (Å²) in [7, 11) is -0.549. The number of ether oxygens (including phenoxy) is 1. The molecule has 0 aliphatic rings. The molecule has 0 aliphatic carbocycles. The van der Waals surface area contributed by atoms with Gasteiger partial charge >= 0.3 is 0 Å². The van der Waals surface area contributed by atoms with Crippen molar-refractivity contribution in [2.45, 2.75) is 11.4 Å². The normalized spacial score (nSPS) is 12.6. The predicted molar refractivity (Wildman–Crippen MR) is 74.4 cm³/mol. The molecule has 0 bridgehead atoms. The number of hydrogen-bond donors (Lipinski definition) is 0. The maximum absolute atomic E-state index is 12.5. The monoisotopic (exact) mass is 323 g/mol. The lowest BCUT2D eigenvalue weighted by Crippen LogP contribution is -2.29. The van der Waals surface area contributed by atoms with Crippen LogP contribution in [0.1, 0.15) is 6.42 Å². The Hall–Kier alpha value is -0.670. The van der Waals surface area contributed by atoms with Crippen LogP contribution in [0.4, 0.5) is 0 Å². The fraction of sp³-hybridized carbons (Fsp3) is 0.500. The van der Waals surface area contributed by atoms with Crippen LogP contribution in [-0.2, 0) is 14.8 Å². The number of methoxy groups -OCH3 is 1. The number of fused-ring (bicyclic) bond motifs is 1. The smallest absolute Gasteiger partial charge is 0.262 e. The van der Waals surface area contributed by atoms with Gasteiger partial charge in [0.25, 0.3) is 10.0 Å². The molecule has 6 nitrogen and oxygen atoms in total. The van der Waals surface area contributed by atoms with Crippen LogP contribution in [0.5, 0.6) is 0 Å². The predicted octanol–water partition coefficient (Wildman–Crippen LogP) is 1.71. The van der Waals surface area contributed by atoms with Crippen LogP contribution >= 0.6 is 22.9 Å². The molecule has 19 heavy (non-hydrogen) atoms. The van der Waals surface area contributed by atoms with Crippen LogP contribution in [0.2, 0.25) is 5.15 Å². The summed E-state index contributed by atoms with van der Waals surface area (Å²) < 4.78 is 32.6. The van der Waals surface area contributed by atoms with E-state index in [2.05, 4.69) is 4.98 Å². The van der Waals surface area contributed by atoms with Crippen molar-refractivity contribution >= 4 is 37.9 Å². The van der Waals surface area contributed by atoms with Crippen molar-refractivity contribution in [3.8, 4) is 0 Å². The van der Waals surface area contributed by atoms with Gasteiger partial charge in [0, 0.05) is 38.9 Å². The quantitative estimate of drug-likeness (QED) is 0.759. The first-order chi connectivity index (χ1) is 8.98. The zero-order chi connectivity index (χ0) is 14.0. The first kappa shape index (κ1) is 14.7. The maximum atomic E-state index is 12.5. The molecule has 0 radical (unpaired) electrons. The summed E-state index contributed by atoms with van der Waals surface area (Å²) in [5.74, 6) is 0.